The van der Waals surface area contributed by atoms with Gasteiger partial charge < -0.3 is 0 Å². The van der Waals surface area contributed by atoms with Crippen LogP contribution in [0.1, 0.15) is 62.9 Å². The zero-order valence-electron chi connectivity index (χ0n) is 14.8. The smallest absolute Gasteiger partial charge is 0.137 e. The summed E-state index contributed by atoms with van der Waals surface area (Å²) < 4.78 is 0. The van der Waals surface area contributed by atoms with E-state index >= 15 is 0 Å². The van der Waals surface area contributed by atoms with Gasteiger partial charge in [-0.15, -0.1) is 11.3 Å². The summed E-state index contributed by atoms with van der Waals surface area (Å²) in [6.07, 6.45) is 14.1. The van der Waals surface area contributed by atoms with Crippen molar-refractivity contribution in [1.29, 1.82) is 0 Å². The van der Waals surface area contributed by atoms with E-state index in [0.717, 1.165) is 38.5 Å². The number of Topliss-reactive ketones (excluding diaryl/α,β-unsaturated/α-hetero) is 1. The third-order valence-corrected chi connectivity index (χ3v) is 7.75. The summed E-state index contributed by atoms with van der Waals surface area (Å²) in [5, 5.41) is 0. The van der Waals surface area contributed by atoms with Gasteiger partial charge in [0.15, 0.2) is 0 Å². The molecule has 3 aliphatic carbocycles. The molecular weight excluding hydrogens is 314 g/mol. The fourth-order valence-corrected chi connectivity index (χ4v) is 6.78. The van der Waals surface area contributed by atoms with Crippen molar-refractivity contribution in [3.05, 3.63) is 39.9 Å². The van der Waals surface area contributed by atoms with Crippen LogP contribution in [-0.4, -0.2) is 10.8 Å². The molecule has 0 aliphatic heterocycles. The summed E-state index contributed by atoms with van der Waals surface area (Å²) in [6, 6.07) is 0. The van der Waals surface area contributed by atoms with Crippen molar-refractivity contribution in [3.63, 3.8) is 0 Å². The van der Waals surface area contributed by atoms with Crippen molar-refractivity contribution in [2.75, 3.05) is 0 Å². The van der Waals surface area contributed by atoms with Gasteiger partial charge in [0.2, 0.25) is 0 Å². The minimum atomic E-state index is -0.0834. The molecule has 4 atom stereocenters. The summed E-state index contributed by atoms with van der Waals surface area (Å²) in [5.74, 6) is 1.76. The van der Waals surface area contributed by atoms with Gasteiger partial charge in [0.05, 0.1) is 11.2 Å². The van der Waals surface area contributed by atoms with Crippen LogP contribution >= 0.6 is 11.3 Å². The molecule has 1 heterocycles. The number of thiazole rings is 1. The Bertz CT molecular complexity index is 700. The van der Waals surface area contributed by atoms with Crippen molar-refractivity contribution in [2.45, 2.75) is 64.2 Å². The SMILES string of the molecule is CC[C@@H]1CC(=O)C2C(Cc3ncsc3[C@@]2(CC)C2=CC=CCC2)C1. The van der Waals surface area contributed by atoms with Gasteiger partial charge in [0.1, 0.15) is 5.78 Å². The first-order valence-corrected chi connectivity index (χ1v) is 10.4. The number of rotatable bonds is 3. The fourth-order valence-electron chi connectivity index (χ4n) is 5.61. The normalized spacial score (nSPS) is 35.3. The molecular formula is C21H27NOS. The number of nitrogens with zero attached hydrogens (tertiary/aromatic N) is 1. The number of fused-ring (bicyclic) bond motifs is 2. The number of allylic oxidation sites excluding steroid dienone is 4. The predicted molar refractivity (Wildman–Crippen MR) is 99.2 cm³/mol. The maximum absolute atomic E-state index is 13.3. The molecule has 0 bridgehead atoms. The van der Waals surface area contributed by atoms with Gasteiger partial charge >= 0.3 is 0 Å². The molecule has 2 nitrogen and oxygen atoms in total. The van der Waals surface area contributed by atoms with Gasteiger partial charge in [-0.05, 0) is 43.9 Å². The van der Waals surface area contributed by atoms with Crippen LogP contribution in [0.4, 0.5) is 0 Å². The van der Waals surface area contributed by atoms with Gasteiger partial charge in [0.25, 0.3) is 0 Å². The van der Waals surface area contributed by atoms with Crippen LogP contribution in [0.2, 0.25) is 0 Å². The van der Waals surface area contributed by atoms with E-state index in [1.165, 1.54) is 22.6 Å². The Morgan fingerprint density at radius 3 is 2.92 bits per heavy atom. The molecule has 1 fully saturated rings. The molecule has 0 saturated heterocycles. The van der Waals surface area contributed by atoms with Crippen LogP contribution in [0.15, 0.2) is 29.3 Å². The molecule has 3 aliphatic rings. The summed E-state index contributed by atoms with van der Waals surface area (Å²) >= 11 is 1.79. The van der Waals surface area contributed by atoms with Crippen molar-refractivity contribution >= 4 is 17.1 Å². The highest BCUT2D eigenvalue weighted by molar-refractivity contribution is 7.10. The third kappa shape index (κ3) is 2.28. The largest absolute Gasteiger partial charge is 0.299 e. The Morgan fingerprint density at radius 2 is 2.21 bits per heavy atom. The maximum Gasteiger partial charge on any atom is 0.137 e. The second-order valence-corrected chi connectivity index (χ2v) is 8.59. The van der Waals surface area contributed by atoms with Gasteiger partial charge in [0, 0.05) is 22.6 Å². The second kappa shape index (κ2) is 6.25. The number of hydrogen-bond donors (Lipinski definition) is 0. The molecule has 128 valence electrons. The minimum Gasteiger partial charge on any atom is -0.299 e. The summed E-state index contributed by atoms with van der Waals surface area (Å²) in [4.78, 5) is 19.4. The summed E-state index contributed by atoms with van der Waals surface area (Å²) in [6.45, 7) is 4.52. The number of hydrogen-bond acceptors (Lipinski definition) is 3. The van der Waals surface area contributed by atoms with E-state index in [1.54, 1.807) is 11.3 Å². The third-order valence-electron chi connectivity index (χ3n) is 6.70. The zero-order valence-corrected chi connectivity index (χ0v) is 15.6. The first-order chi connectivity index (χ1) is 11.7. The number of ketones is 1. The standard InChI is InChI=1S/C21H27NOS/c1-3-14-10-15-12-17-20(24-13-22-17)21(4-2,19(15)18(23)11-14)16-8-6-5-7-9-16/h5-6,8,13-15,19H,3-4,7,9-12H2,1-2H3/t14-,15?,19?,21-/m0/s1. The molecule has 4 rings (SSSR count). The van der Waals surface area contributed by atoms with Crippen molar-refractivity contribution in [2.24, 2.45) is 17.8 Å². The first-order valence-electron chi connectivity index (χ1n) is 9.52. The Balaban J connectivity index is 1.88. The zero-order chi connectivity index (χ0) is 16.7. The van der Waals surface area contributed by atoms with Crippen LogP contribution < -0.4 is 0 Å². The Labute approximate surface area is 149 Å². The predicted octanol–water partition coefficient (Wildman–Crippen LogP) is 5.24. The minimum absolute atomic E-state index is 0.0834. The Morgan fingerprint density at radius 1 is 1.33 bits per heavy atom. The lowest BCUT2D eigenvalue weighted by Crippen LogP contribution is -2.52. The molecule has 1 aromatic rings. The van der Waals surface area contributed by atoms with Crippen molar-refractivity contribution in [3.8, 4) is 0 Å². The fraction of sp³-hybridized carbons (Fsp3) is 0.619. The quantitative estimate of drug-likeness (QED) is 0.752. The monoisotopic (exact) mass is 341 g/mol. The van der Waals surface area contributed by atoms with Crippen LogP contribution in [0.25, 0.3) is 0 Å². The Kier molecular flexibility index (Phi) is 4.24. The number of carbonyl (C=O) groups excluding carboxylic acids is 1. The molecule has 0 aromatic carbocycles. The van der Waals surface area contributed by atoms with Crippen LogP contribution in [0, 0.1) is 17.8 Å². The maximum atomic E-state index is 13.3. The summed E-state index contributed by atoms with van der Waals surface area (Å²) in [5.41, 5.74) is 4.69. The van der Waals surface area contributed by atoms with E-state index in [9.17, 15) is 4.79 Å². The van der Waals surface area contributed by atoms with Gasteiger partial charge in [-0.3, -0.25) is 4.79 Å². The lowest BCUT2D eigenvalue weighted by molar-refractivity contribution is -0.132. The molecule has 1 saturated carbocycles. The highest BCUT2D eigenvalue weighted by atomic mass is 32.1. The first kappa shape index (κ1) is 16.3. The van der Waals surface area contributed by atoms with Crippen LogP contribution in [-0.2, 0) is 16.6 Å². The van der Waals surface area contributed by atoms with Crippen molar-refractivity contribution in [1.82, 2.24) is 4.98 Å². The summed E-state index contributed by atoms with van der Waals surface area (Å²) in [7, 11) is 0. The van der Waals surface area contributed by atoms with Gasteiger partial charge in [-0.1, -0.05) is 44.1 Å². The van der Waals surface area contributed by atoms with Crippen LogP contribution in [0.5, 0.6) is 0 Å². The topological polar surface area (TPSA) is 30.0 Å². The highest BCUT2D eigenvalue weighted by Crippen LogP contribution is 2.57. The number of carbonyl (C=O) groups is 1. The van der Waals surface area contributed by atoms with E-state index in [0.29, 0.717) is 17.6 Å². The molecule has 0 N–H and O–H groups in total. The van der Waals surface area contributed by atoms with E-state index in [2.05, 4.69) is 32.1 Å². The number of aromatic nitrogens is 1. The average Bonchev–Trinajstić information content (AvgIpc) is 3.09. The molecule has 2 unspecified atom stereocenters. The van der Waals surface area contributed by atoms with Crippen LogP contribution in [0.3, 0.4) is 0 Å². The lowest BCUT2D eigenvalue weighted by Gasteiger charge is -2.51. The molecule has 24 heavy (non-hydrogen) atoms. The lowest BCUT2D eigenvalue weighted by atomic mass is 9.52. The van der Waals surface area contributed by atoms with E-state index in [4.69, 9.17) is 4.98 Å². The second-order valence-electron chi connectivity index (χ2n) is 7.73. The Hall–Kier alpha value is -1.22. The molecule has 0 radical (unpaired) electrons. The van der Waals surface area contributed by atoms with Crippen molar-refractivity contribution < 1.29 is 4.79 Å². The highest BCUT2D eigenvalue weighted by Gasteiger charge is 2.55. The molecule has 0 amide bonds. The van der Waals surface area contributed by atoms with Gasteiger partial charge in [-0.2, -0.15) is 0 Å². The van der Waals surface area contributed by atoms with E-state index < -0.39 is 0 Å². The molecule has 3 heteroatoms. The molecule has 0 spiro atoms. The van der Waals surface area contributed by atoms with E-state index in [-0.39, 0.29) is 11.3 Å². The average molecular weight is 342 g/mol. The molecule has 1 aromatic heterocycles. The van der Waals surface area contributed by atoms with E-state index in [1.807, 2.05) is 5.51 Å². The van der Waals surface area contributed by atoms with Gasteiger partial charge in [-0.25, -0.2) is 4.98 Å².